The molecule has 0 spiro atoms. The monoisotopic (exact) mass is 210 g/mol. The van der Waals surface area contributed by atoms with E-state index >= 15 is 0 Å². The van der Waals surface area contributed by atoms with Crippen LogP contribution >= 0.6 is 0 Å². The number of ether oxygens (including phenoxy) is 1. The number of hydrogen-bond donors (Lipinski definition) is 3. The highest BCUT2D eigenvalue weighted by atomic mass is 16.5. The summed E-state index contributed by atoms with van der Waals surface area (Å²) in [6.07, 6.45) is 0.261. The molecule has 0 amide bonds. The van der Waals surface area contributed by atoms with Gasteiger partial charge in [0.15, 0.2) is 0 Å². The lowest BCUT2D eigenvalue weighted by Crippen LogP contribution is -2.14. The zero-order chi connectivity index (χ0) is 11.1. The van der Waals surface area contributed by atoms with Gasteiger partial charge in [0.05, 0.1) is 12.7 Å². The van der Waals surface area contributed by atoms with E-state index in [4.69, 9.17) is 10.6 Å². The number of pyridine rings is 1. The Labute approximate surface area is 90.0 Å². The second-order valence-electron chi connectivity index (χ2n) is 3.40. The van der Waals surface area contributed by atoms with Crippen LogP contribution in [-0.4, -0.2) is 24.2 Å². The molecule has 0 aromatic carbocycles. The van der Waals surface area contributed by atoms with Crippen LogP contribution in [0.25, 0.3) is 0 Å². The summed E-state index contributed by atoms with van der Waals surface area (Å²) in [5, 5.41) is 3.14. The second kappa shape index (κ2) is 6.21. The Hall–Kier alpha value is -1.33. The Balaban J connectivity index is 2.30. The lowest BCUT2D eigenvalue weighted by Gasteiger charge is -2.09. The summed E-state index contributed by atoms with van der Waals surface area (Å²) in [4.78, 5) is 4.21. The molecule has 1 aromatic rings. The SMILES string of the molecule is CC(C)OCCNc1cccc(NN)n1. The molecular formula is C10H18N4O. The lowest BCUT2D eigenvalue weighted by molar-refractivity contribution is 0.0870. The van der Waals surface area contributed by atoms with Crippen LogP contribution in [0.1, 0.15) is 13.8 Å². The fourth-order valence-electron chi connectivity index (χ4n) is 1.09. The Morgan fingerprint density at radius 1 is 1.40 bits per heavy atom. The molecule has 0 unspecified atom stereocenters. The van der Waals surface area contributed by atoms with Crippen LogP contribution in [0, 0.1) is 0 Å². The zero-order valence-corrected chi connectivity index (χ0v) is 9.16. The number of hydrazine groups is 1. The van der Waals surface area contributed by atoms with E-state index in [1.807, 2.05) is 26.0 Å². The minimum Gasteiger partial charge on any atom is -0.377 e. The highest BCUT2D eigenvalue weighted by Crippen LogP contribution is 2.07. The average molecular weight is 210 g/mol. The maximum atomic E-state index is 5.39. The molecule has 1 heterocycles. The molecule has 0 bridgehead atoms. The number of rotatable bonds is 6. The maximum Gasteiger partial charge on any atom is 0.142 e. The van der Waals surface area contributed by atoms with Crippen LogP contribution in [0.5, 0.6) is 0 Å². The molecule has 0 radical (unpaired) electrons. The van der Waals surface area contributed by atoms with Gasteiger partial charge < -0.3 is 15.5 Å². The molecule has 0 aliphatic carbocycles. The third kappa shape index (κ3) is 4.62. The first-order valence-corrected chi connectivity index (χ1v) is 5.01. The van der Waals surface area contributed by atoms with Crippen molar-refractivity contribution in [2.45, 2.75) is 20.0 Å². The molecular weight excluding hydrogens is 192 g/mol. The Kier molecular flexibility index (Phi) is 4.86. The van der Waals surface area contributed by atoms with Crippen molar-refractivity contribution in [2.24, 2.45) is 5.84 Å². The molecule has 0 atom stereocenters. The average Bonchev–Trinajstić information content (AvgIpc) is 2.24. The van der Waals surface area contributed by atoms with Crippen molar-refractivity contribution >= 4 is 11.6 Å². The molecule has 15 heavy (non-hydrogen) atoms. The van der Waals surface area contributed by atoms with Gasteiger partial charge in [-0.25, -0.2) is 10.8 Å². The van der Waals surface area contributed by atoms with E-state index < -0.39 is 0 Å². The lowest BCUT2D eigenvalue weighted by atomic mass is 10.4. The predicted molar refractivity (Wildman–Crippen MR) is 61.6 cm³/mol. The van der Waals surface area contributed by atoms with Crippen molar-refractivity contribution in [3.05, 3.63) is 18.2 Å². The molecule has 84 valence electrons. The van der Waals surface area contributed by atoms with Gasteiger partial charge in [-0.05, 0) is 26.0 Å². The van der Waals surface area contributed by atoms with Crippen LogP contribution in [0.15, 0.2) is 18.2 Å². The fourth-order valence-corrected chi connectivity index (χ4v) is 1.09. The van der Waals surface area contributed by atoms with Gasteiger partial charge in [0.1, 0.15) is 11.6 Å². The standard InChI is InChI=1S/C10H18N4O/c1-8(2)15-7-6-12-9-4-3-5-10(13-9)14-11/h3-5,8H,6-7,11H2,1-2H3,(H2,12,13,14). The van der Waals surface area contributed by atoms with E-state index in [2.05, 4.69) is 15.7 Å². The minimum absolute atomic E-state index is 0.261. The molecule has 0 saturated carbocycles. The van der Waals surface area contributed by atoms with Gasteiger partial charge in [-0.1, -0.05) is 6.07 Å². The van der Waals surface area contributed by atoms with Crippen molar-refractivity contribution in [1.82, 2.24) is 4.98 Å². The Morgan fingerprint density at radius 2 is 2.13 bits per heavy atom. The van der Waals surface area contributed by atoms with Gasteiger partial charge >= 0.3 is 0 Å². The maximum absolute atomic E-state index is 5.39. The minimum atomic E-state index is 0.261. The highest BCUT2D eigenvalue weighted by molar-refractivity contribution is 5.44. The number of aromatic nitrogens is 1. The smallest absolute Gasteiger partial charge is 0.142 e. The van der Waals surface area contributed by atoms with E-state index in [0.29, 0.717) is 12.4 Å². The quantitative estimate of drug-likeness (QED) is 0.374. The summed E-state index contributed by atoms with van der Waals surface area (Å²) in [6.45, 7) is 5.42. The summed E-state index contributed by atoms with van der Waals surface area (Å²) < 4.78 is 5.39. The number of nitrogen functional groups attached to an aromatic ring is 1. The van der Waals surface area contributed by atoms with E-state index in [1.54, 1.807) is 6.07 Å². The number of nitrogens with two attached hydrogens (primary N) is 1. The first-order valence-electron chi connectivity index (χ1n) is 5.01. The fraction of sp³-hybridized carbons (Fsp3) is 0.500. The summed E-state index contributed by atoms with van der Waals surface area (Å²) in [5.41, 5.74) is 2.49. The molecule has 0 aliphatic heterocycles. The first kappa shape index (κ1) is 11.7. The van der Waals surface area contributed by atoms with E-state index in [-0.39, 0.29) is 6.10 Å². The Morgan fingerprint density at radius 3 is 2.80 bits per heavy atom. The van der Waals surface area contributed by atoms with Crippen molar-refractivity contribution < 1.29 is 4.74 Å². The van der Waals surface area contributed by atoms with E-state index in [9.17, 15) is 0 Å². The van der Waals surface area contributed by atoms with Crippen LogP contribution in [-0.2, 0) is 4.74 Å². The zero-order valence-electron chi connectivity index (χ0n) is 9.16. The van der Waals surface area contributed by atoms with Crippen molar-refractivity contribution in [3.63, 3.8) is 0 Å². The third-order valence-electron chi connectivity index (χ3n) is 1.76. The van der Waals surface area contributed by atoms with E-state index in [1.165, 1.54) is 0 Å². The predicted octanol–water partition coefficient (Wildman–Crippen LogP) is 1.20. The summed E-state index contributed by atoms with van der Waals surface area (Å²) in [6, 6.07) is 5.57. The van der Waals surface area contributed by atoms with Crippen LogP contribution in [0.4, 0.5) is 11.6 Å². The van der Waals surface area contributed by atoms with Crippen LogP contribution < -0.4 is 16.6 Å². The third-order valence-corrected chi connectivity index (χ3v) is 1.76. The van der Waals surface area contributed by atoms with E-state index in [0.717, 1.165) is 12.4 Å². The summed E-state index contributed by atoms with van der Waals surface area (Å²) >= 11 is 0. The van der Waals surface area contributed by atoms with Gasteiger partial charge in [-0.3, -0.25) is 0 Å². The number of nitrogens with zero attached hydrogens (tertiary/aromatic N) is 1. The Bertz CT molecular complexity index is 291. The summed E-state index contributed by atoms with van der Waals surface area (Å²) in [5.74, 6) is 6.68. The molecule has 1 rings (SSSR count). The molecule has 0 aliphatic rings. The van der Waals surface area contributed by atoms with Gasteiger partial charge in [0.2, 0.25) is 0 Å². The molecule has 4 N–H and O–H groups in total. The second-order valence-corrected chi connectivity index (χ2v) is 3.40. The van der Waals surface area contributed by atoms with Crippen molar-refractivity contribution in [2.75, 3.05) is 23.9 Å². The van der Waals surface area contributed by atoms with Gasteiger partial charge in [0, 0.05) is 6.54 Å². The van der Waals surface area contributed by atoms with Gasteiger partial charge in [0.25, 0.3) is 0 Å². The summed E-state index contributed by atoms with van der Waals surface area (Å²) in [7, 11) is 0. The molecule has 1 aromatic heterocycles. The van der Waals surface area contributed by atoms with Crippen LogP contribution in [0.2, 0.25) is 0 Å². The molecule has 5 nitrogen and oxygen atoms in total. The number of nitrogens with one attached hydrogen (secondary N) is 2. The van der Waals surface area contributed by atoms with Crippen molar-refractivity contribution in [3.8, 4) is 0 Å². The molecule has 0 saturated heterocycles. The van der Waals surface area contributed by atoms with Crippen LogP contribution in [0.3, 0.4) is 0 Å². The normalized spacial score (nSPS) is 10.4. The first-order chi connectivity index (χ1) is 7.22. The highest BCUT2D eigenvalue weighted by Gasteiger charge is 1.96. The van der Waals surface area contributed by atoms with Gasteiger partial charge in [-0.2, -0.15) is 0 Å². The number of hydrogen-bond acceptors (Lipinski definition) is 5. The van der Waals surface area contributed by atoms with Crippen molar-refractivity contribution in [1.29, 1.82) is 0 Å². The van der Waals surface area contributed by atoms with Gasteiger partial charge in [-0.15, -0.1) is 0 Å². The molecule has 5 heteroatoms. The molecule has 0 fully saturated rings. The largest absolute Gasteiger partial charge is 0.377 e. The topological polar surface area (TPSA) is 72.2 Å². The number of anilines is 2.